The minimum Gasteiger partial charge on any atom is -0.0760 e. The predicted octanol–water partition coefficient (Wildman–Crippen LogP) is 11.5. The molecule has 0 saturated carbocycles. The Kier molecular flexibility index (Phi) is 5.74. The quantitative estimate of drug-likeness (QED) is 0.149. The average molecular weight is 559 g/mol. The SMILES string of the molecule is C1=CC2=C(c3cccc4c3ccc3c(-c5ccccc5)c5ccccc5cc34)c3ccccc3C(c3ccccc3)C2C=C1. The molecule has 206 valence electrons. The van der Waals surface area contributed by atoms with Crippen LogP contribution in [0.5, 0.6) is 0 Å². The van der Waals surface area contributed by atoms with Crippen molar-refractivity contribution in [1.82, 2.24) is 0 Å². The van der Waals surface area contributed by atoms with Gasteiger partial charge in [0.05, 0.1) is 0 Å². The second-order valence-corrected chi connectivity index (χ2v) is 12.0. The van der Waals surface area contributed by atoms with Gasteiger partial charge < -0.3 is 0 Å². The molecule has 0 radical (unpaired) electrons. The fraction of sp³-hybridized carbons (Fsp3) is 0.0455. The van der Waals surface area contributed by atoms with Gasteiger partial charge in [0, 0.05) is 11.8 Å². The fourth-order valence-corrected chi connectivity index (χ4v) is 7.83. The van der Waals surface area contributed by atoms with E-state index in [1.807, 2.05) is 0 Å². The first-order chi connectivity index (χ1) is 21.9. The summed E-state index contributed by atoms with van der Waals surface area (Å²) in [5.74, 6) is 0.555. The smallest absolute Gasteiger partial charge is 0.0199 e. The molecule has 2 atom stereocenters. The van der Waals surface area contributed by atoms with E-state index in [9.17, 15) is 0 Å². The Bertz CT molecular complexity index is 2320. The second kappa shape index (κ2) is 10.1. The molecule has 0 N–H and O–H groups in total. The van der Waals surface area contributed by atoms with Crippen LogP contribution in [0.15, 0.2) is 175 Å². The normalized spacial score (nSPS) is 17.3. The van der Waals surface area contributed by atoms with Crippen molar-refractivity contribution in [2.24, 2.45) is 5.92 Å². The molecule has 0 heterocycles. The van der Waals surface area contributed by atoms with E-state index >= 15 is 0 Å². The number of fused-ring (bicyclic) bond motifs is 6. The van der Waals surface area contributed by atoms with E-state index in [0.717, 1.165) is 0 Å². The lowest BCUT2D eigenvalue weighted by molar-refractivity contribution is 0.649. The molecule has 7 aromatic carbocycles. The third-order valence-corrected chi connectivity index (χ3v) is 9.67. The molecule has 2 unspecified atom stereocenters. The number of benzene rings is 7. The molecule has 0 fully saturated rings. The average Bonchev–Trinajstić information content (AvgIpc) is 3.10. The molecule has 0 nitrogen and oxygen atoms in total. The van der Waals surface area contributed by atoms with Crippen LogP contribution in [0.3, 0.4) is 0 Å². The van der Waals surface area contributed by atoms with Crippen molar-refractivity contribution in [3.8, 4) is 11.1 Å². The number of hydrogen-bond donors (Lipinski definition) is 0. The van der Waals surface area contributed by atoms with Gasteiger partial charge in [-0.05, 0) is 82.9 Å². The van der Waals surface area contributed by atoms with Crippen molar-refractivity contribution in [2.45, 2.75) is 5.92 Å². The van der Waals surface area contributed by atoms with Crippen molar-refractivity contribution >= 4 is 37.9 Å². The topological polar surface area (TPSA) is 0 Å². The zero-order valence-electron chi connectivity index (χ0n) is 24.3. The lowest BCUT2D eigenvalue weighted by Gasteiger charge is -2.37. The summed E-state index contributed by atoms with van der Waals surface area (Å²) < 4.78 is 0. The van der Waals surface area contributed by atoms with Crippen LogP contribution in [0.1, 0.15) is 28.2 Å². The van der Waals surface area contributed by atoms with E-state index in [-0.39, 0.29) is 11.8 Å². The highest BCUT2D eigenvalue weighted by molar-refractivity contribution is 6.21. The minimum absolute atomic E-state index is 0.275. The Labute approximate surface area is 257 Å². The van der Waals surface area contributed by atoms with Crippen molar-refractivity contribution < 1.29 is 0 Å². The van der Waals surface area contributed by atoms with Crippen LogP contribution in [-0.4, -0.2) is 0 Å². The van der Waals surface area contributed by atoms with E-state index in [0.29, 0.717) is 0 Å². The molecule has 7 aromatic rings. The van der Waals surface area contributed by atoms with Crippen molar-refractivity contribution in [1.29, 1.82) is 0 Å². The highest BCUT2D eigenvalue weighted by atomic mass is 14.4. The molecular weight excluding hydrogens is 528 g/mol. The van der Waals surface area contributed by atoms with E-state index in [1.54, 1.807) is 0 Å². The monoisotopic (exact) mass is 558 g/mol. The van der Waals surface area contributed by atoms with E-state index in [2.05, 4.69) is 170 Å². The zero-order chi connectivity index (χ0) is 29.0. The van der Waals surface area contributed by atoms with Crippen LogP contribution in [0.25, 0.3) is 49.0 Å². The van der Waals surface area contributed by atoms with E-state index in [4.69, 9.17) is 0 Å². The molecule has 0 heteroatoms. The first-order valence-electron chi connectivity index (χ1n) is 15.5. The minimum atomic E-state index is 0.275. The standard InChI is InChI=1S/C44H30/c1-3-14-29(15-4-1)42-32-19-8-7-18-31(32)28-41-33-24-13-25-35(34(33)26-27-40(41)42)44-38-22-11-9-20-36(38)43(30-16-5-2-6-17-30)37-21-10-12-23-39(37)44/h1-28,36,43H. The van der Waals surface area contributed by atoms with Gasteiger partial charge in [-0.3, -0.25) is 0 Å². The van der Waals surface area contributed by atoms with Crippen LogP contribution >= 0.6 is 0 Å². The molecule has 44 heavy (non-hydrogen) atoms. The van der Waals surface area contributed by atoms with Gasteiger partial charge in [-0.15, -0.1) is 0 Å². The summed E-state index contributed by atoms with van der Waals surface area (Å²) in [6.45, 7) is 0. The molecular formula is C44H30. The van der Waals surface area contributed by atoms with Crippen molar-refractivity contribution in [2.75, 3.05) is 0 Å². The largest absolute Gasteiger partial charge is 0.0760 e. The predicted molar refractivity (Wildman–Crippen MR) is 187 cm³/mol. The lowest BCUT2D eigenvalue weighted by atomic mass is 9.66. The van der Waals surface area contributed by atoms with Gasteiger partial charge in [0.1, 0.15) is 0 Å². The molecule has 0 saturated heterocycles. The molecule has 2 aliphatic rings. The molecule has 0 bridgehead atoms. The summed E-state index contributed by atoms with van der Waals surface area (Å²) in [5.41, 5.74) is 10.7. The van der Waals surface area contributed by atoms with Gasteiger partial charge in [0.2, 0.25) is 0 Å². The Morgan fingerprint density at radius 1 is 0.455 bits per heavy atom. The lowest BCUT2D eigenvalue weighted by Crippen LogP contribution is -2.22. The molecule has 9 rings (SSSR count). The van der Waals surface area contributed by atoms with Gasteiger partial charge in [-0.2, -0.15) is 0 Å². The molecule has 0 aliphatic heterocycles. The van der Waals surface area contributed by atoms with Gasteiger partial charge in [-0.25, -0.2) is 0 Å². The zero-order valence-corrected chi connectivity index (χ0v) is 24.3. The Morgan fingerprint density at radius 2 is 1.16 bits per heavy atom. The number of rotatable bonds is 3. The number of allylic oxidation sites excluding steroid dienone is 5. The molecule has 0 amide bonds. The van der Waals surface area contributed by atoms with Crippen LogP contribution in [0.2, 0.25) is 0 Å². The maximum Gasteiger partial charge on any atom is 0.0199 e. The Balaban J connectivity index is 1.35. The summed E-state index contributed by atoms with van der Waals surface area (Å²) in [5, 5.41) is 7.75. The van der Waals surface area contributed by atoms with Crippen LogP contribution in [0, 0.1) is 5.92 Å². The van der Waals surface area contributed by atoms with E-state index in [1.165, 1.54) is 76.8 Å². The summed E-state index contributed by atoms with van der Waals surface area (Å²) >= 11 is 0. The molecule has 0 spiro atoms. The van der Waals surface area contributed by atoms with Crippen LogP contribution in [0.4, 0.5) is 0 Å². The summed E-state index contributed by atoms with van der Waals surface area (Å²) in [4.78, 5) is 0. The third kappa shape index (κ3) is 3.78. The third-order valence-electron chi connectivity index (χ3n) is 9.67. The Morgan fingerprint density at radius 3 is 2.05 bits per heavy atom. The van der Waals surface area contributed by atoms with Gasteiger partial charge in [0.15, 0.2) is 0 Å². The van der Waals surface area contributed by atoms with Crippen molar-refractivity contribution in [3.05, 3.63) is 198 Å². The Hall–Kier alpha value is -5.46. The first-order valence-corrected chi connectivity index (χ1v) is 15.5. The van der Waals surface area contributed by atoms with Crippen molar-refractivity contribution in [3.63, 3.8) is 0 Å². The van der Waals surface area contributed by atoms with Crippen LogP contribution < -0.4 is 0 Å². The summed E-state index contributed by atoms with van der Waals surface area (Å²) in [6.07, 6.45) is 9.19. The number of hydrogen-bond acceptors (Lipinski definition) is 0. The highest BCUT2D eigenvalue weighted by Gasteiger charge is 2.35. The first kappa shape index (κ1) is 25.1. The molecule has 2 aliphatic carbocycles. The van der Waals surface area contributed by atoms with Gasteiger partial charge in [-0.1, -0.05) is 164 Å². The molecule has 0 aromatic heterocycles. The fourth-order valence-electron chi connectivity index (χ4n) is 7.83. The summed E-state index contributed by atoms with van der Waals surface area (Å²) in [7, 11) is 0. The summed E-state index contributed by atoms with van der Waals surface area (Å²) in [6, 6.07) is 53.8. The maximum atomic E-state index is 2.40. The van der Waals surface area contributed by atoms with Gasteiger partial charge >= 0.3 is 0 Å². The highest BCUT2D eigenvalue weighted by Crippen LogP contribution is 2.51. The maximum absolute atomic E-state index is 2.40. The van der Waals surface area contributed by atoms with E-state index < -0.39 is 0 Å². The van der Waals surface area contributed by atoms with Gasteiger partial charge in [0.25, 0.3) is 0 Å². The second-order valence-electron chi connectivity index (χ2n) is 12.0. The van der Waals surface area contributed by atoms with Crippen LogP contribution in [-0.2, 0) is 0 Å².